The molecule has 146 valence electrons. The second-order valence-corrected chi connectivity index (χ2v) is 9.08. The van der Waals surface area contributed by atoms with Crippen molar-refractivity contribution in [3.8, 4) is 0 Å². The number of carbonyl (C=O) groups excluding carboxylic acids is 1. The number of hydrogen-bond acceptors (Lipinski definition) is 4. The van der Waals surface area contributed by atoms with Gasteiger partial charge in [0, 0.05) is 6.54 Å². The highest BCUT2D eigenvalue weighted by atomic mass is 32.2. The van der Waals surface area contributed by atoms with Crippen LogP contribution in [0.3, 0.4) is 0 Å². The summed E-state index contributed by atoms with van der Waals surface area (Å²) in [5.74, 6) is -0.266. The maximum atomic E-state index is 12.6. The van der Waals surface area contributed by atoms with Crippen LogP contribution in [0.5, 0.6) is 0 Å². The fourth-order valence-electron chi connectivity index (χ4n) is 3.41. The topological polar surface area (TPSA) is 69.7 Å². The van der Waals surface area contributed by atoms with Crippen molar-refractivity contribution in [2.24, 2.45) is 0 Å². The molecule has 0 bridgehead atoms. The van der Waals surface area contributed by atoms with Crippen molar-refractivity contribution in [3.05, 3.63) is 29.3 Å². The number of benzene rings is 1. The molecule has 0 aromatic heterocycles. The van der Waals surface area contributed by atoms with Gasteiger partial charge in [0.05, 0.1) is 11.9 Å². The lowest BCUT2D eigenvalue weighted by atomic mass is 10.1. The van der Waals surface area contributed by atoms with E-state index in [1.165, 1.54) is 17.1 Å². The normalized spacial score (nSPS) is 16.5. The Morgan fingerprint density at radius 2 is 1.92 bits per heavy atom. The van der Waals surface area contributed by atoms with E-state index < -0.39 is 16.1 Å². The highest BCUT2D eigenvalue weighted by Crippen LogP contribution is 2.26. The van der Waals surface area contributed by atoms with E-state index in [0.29, 0.717) is 12.2 Å². The lowest BCUT2D eigenvalue weighted by Crippen LogP contribution is -2.48. The predicted octanol–water partition coefficient (Wildman–Crippen LogP) is 2.06. The Kier molecular flexibility index (Phi) is 7.06. The number of sulfonamides is 1. The smallest absolute Gasteiger partial charge is 0.243 e. The van der Waals surface area contributed by atoms with Gasteiger partial charge in [-0.2, -0.15) is 0 Å². The molecular formula is C19H31N3O3S. The van der Waals surface area contributed by atoms with Gasteiger partial charge in [0.25, 0.3) is 0 Å². The van der Waals surface area contributed by atoms with Crippen molar-refractivity contribution in [1.82, 2.24) is 10.2 Å². The number of hydrogen-bond donors (Lipinski definition) is 1. The van der Waals surface area contributed by atoms with Gasteiger partial charge in [-0.25, -0.2) is 8.42 Å². The van der Waals surface area contributed by atoms with E-state index in [0.717, 1.165) is 43.4 Å². The van der Waals surface area contributed by atoms with Gasteiger partial charge in [-0.1, -0.05) is 12.1 Å². The Balaban J connectivity index is 2.02. The van der Waals surface area contributed by atoms with E-state index in [1.807, 2.05) is 32.0 Å². The van der Waals surface area contributed by atoms with Gasteiger partial charge in [-0.3, -0.25) is 9.10 Å². The molecule has 1 amide bonds. The van der Waals surface area contributed by atoms with Crippen molar-refractivity contribution in [3.63, 3.8) is 0 Å². The lowest BCUT2D eigenvalue weighted by molar-refractivity contribution is -0.121. The van der Waals surface area contributed by atoms with Gasteiger partial charge in [-0.05, 0) is 76.9 Å². The molecule has 1 atom stereocenters. The number of carbonyl (C=O) groups is 1. The first-order valence-corrected chi connectivity index (χ1v) is 11.1. The maximum Gasteiger partial charge on any atom is 0.243 e. The minimum atomic E-state index is -3.58. The van der Waals surface area contributed by atoms with Crippen LogP contribution in [0.25, 0.3) is 0 Å². The first-order valence-electron chi connectivity index (χ1n) is 9.27. The van der Waals surface area contributed by atoms with Crippen molar-refractivity contribution in [2.45, 2.75) is 46.1 Å². The van der Waals surface area contributed by atoms with Crippen LogP contribution in [0.1, 0.15) is 37.3 Å². The van der Waals surface area contributed by atoms with Gasteiger partial charge in [0.1, 0.15) is 6.04 Å². The van der Waals surface area contributed by atoms with Crippen molar-refractivity contribution in [2.75, 3.05) is 36.7 Å². The SMILES string of the molecule is Cc1ccc(C)c(N([C@@H](C)C(=O)NCCCN2CCCC2)S(C)(=O)=O)c1. The Morgan fingerprint density at radius 3 is 2.54 bits per heavy atom. The Labute approximate surface area is 157 Å². The molecule has 6 nitrogen and oxygen atoms in total. The molecule has 0 saturated carbocycles. The highest BCUT2D eigenvalue weighted by molar-refractivity contribution is 7.92. The highest BCUT2D eigenvalue weighted by Gasteiger charge is 2.30. The number of nitrogens with one attached hydrogen (secondary N) is 1. The zero-order valence-corrected chi connectivity index (χ0v) is 17.1. The molecule has 1 heterocycles. The van der Waals surface area contributed by atoms with Crippen molar-refractivity contribution < 1.29 is 13.2 Å². The van der Waals surface area contributed by atoms with E-state index >= 15 is 0 Å². The molecule has 1 aromatic rings. The van der Waals surface area contributed by atoms with Crippen molar-refractivity contribution in [1.29, 1.82) is 0 Å². The molecule has 7 heteroatoms. The fraction of sp³-hybridized carbons (Fsp3) is 0.632. The molecule has 2 rings (SSSR count). The molecule has 1 saturated heterocycles. The molecule has 26 heavy (non-hydrogen) atoms. The number of nitrogens with zero attached hydrogens (tertiary/aromatic N) is 2. The van der Waals surface area contributed by atoms with Gasteiger partial charge in [-0.15, -0.1) is 0 Å². The summed E-state index contributed by atoms with van der Waals surface area (Å²) in [7, 11) is -3.58. The summed E-state index contributed by atoms with van der Waals surface area (Å²) < 4.78 is 26.0. The van der Waals surface area contributed by atoms with Crippen LogP contribution in [0, 0.1) is 13.8 Å². The Morgan fingerprint density at radius 1 is 1.27 bits per heavy atom. The standard InChI is InChI=1S/C19H31N3O3S/c1-15-8-9-16(2)18(14-15)22(26(4,24)25)17(3)19(23)20-10-7-13-21-11-5-6-12-21/h8-9,14,17H,5-7,10-13H2,1-4H3,(H,20,23)/t17-/m0/s1. The van der Waals surface area contributed by atoms with Crippen LogP contribution in [-0.4, -0.2) is 57.7 Å². The van der Waals surface area contributed by atoms with Crippen LogP contribution >= 0.6 is 0 Å². The summed E-state index contributed by atoms with van der Waals surface area (Å²) in [4.78, 5) is 15.0. The second-order valence-electron chi connectivity index (χ2n) is 7.22. The van der Waals surface area contributed by atoms with Gasteiger partial charge >= 0.3 is 0 Å². The minimum Gasteiger partial charge on any atom is -0.354 e. The molecule has 0 aliphatic carbocycles. The molecule has 0 spiro atoms. The molecule has 0 radical (unpaired) electrons. The van der Waals surface area contributed by atoms with E-state index in [1.54, 1.807) is 6.92 Å². The average molecular weight is 382 g/mol. The summed E-state index contributed by atoms with van der Waals surface area (Å²) in [6, 6.07) is 4.83. The summed E-state index contributed by atoms with van der Waals surface area (Å²) in [5, 5.41) is 2.89. The van der Waals surface area contributed by atoms with Crippen LogP contribution in [0.2, 0.25) is 0 Å². The van der Waals surface area contributed by atoms with Gasteiger partial charge in [0.15, 0.2) is 0 Å². The molecule has 1 N–H and O–H groups in total. The molecule has 1 aliphatic heterocycles. The van der Waals surface area contributed by atoms with Gasteiger partial charge in [0.2, 0.25) is 15.9 Å². The monoisotopic (exact) mass is 381 g/mol. The molecule has 1 aromatic carbocycles. The first kappa shape index (κ1) is 20.7. The minimum absolute atomic E-state index is 0.266. The summed E-state index contributed by atoms with van der Waals surface area (Å²) >= 11 is 0. The predicted molar refractivity (Wildman–Crippen MR) is 106 cm³/mol. The number of amides is 1. The van der Waals surface area contributed by atoms with Gasteiger partial charge < -0.3 is 10.2 Å². The molecule has 0 unspecified atom stereocenters. The molecular weight excluding hydrogens is 350 g/mol. The summed E-state index contributed by atoms with van der Waals surface area (Å²) in [6.07, 6.45) is 4.53. The second kappa shape index (κ2) is 8.86. The Hall–Kier alpha value is -1.60. The molecule has 1 aliphatic rings. The number of anilines is 1. The zero-order chi connectivity index (χ0) is 19.3. The first-order chi connectivity index (χ1) is 12.2. The lowest BCUT2D eigenvalue weighted by Gasteiger charge is -2.29. The summed E-state index contributed by atoms with van der Waals surface area (Å²) in [5.41, 5.74) is 2.35. The quantitative estimate of drug-likeness (QED) is 0.700. The van der Waals surface area contributed by atoms with Crippen LogP contribution < -0.4 is 9.62 Å². The third-order valence-corrected chi connectivity index (χ3v) is 6.07. The van der Waals surface area contributed by atoms with Crippen LogP contribution in [-0.2, 0) is 14.8 Å². The van der Waals surface area contributed by atoms with E-state index in [4.69, 9.17) is 0 Å². The average Bonchev–Trinajstić information content (AvgIpc) is 3.07. The molecule has 1 fully saturated rings. The van der Waals surface area contributed by atoms with Crippen molar-refractivity contribution >= 4 is 21.6 Å². The number of rotatable bonds is 8. The number of likely N-dealkylation sites (tertiary alicyclic amines) is 1. The maximum absolute atomic E-state index is 12.6. The summed E-state index contributed by atoms with van der Waals surface area (Å²) in [6.45, 7) is 9.21. The van der Waals surface area contributed by atoms with E-state index in [9.17, 15) is 13.2 Å². The van der Waals surface area contributed by atoms with E-state index in [-0.39, 0.29) is 5.91 Å². The fourth-order valence-corrected chi connectivity index (χ4v) is 4.63. The number of aryl methyl sites for hydroxylation is 2. The van der Waals surface area contributed by atoms with Crippen LogP contribution in [0.15, 0.2) is 18.2 Å². The Bertz CT molecular complexity index is 728. The largest absolute Gasteiger partial charge is 0.354 e. The van der Waals surface area contributed by atoms with E-state index in [2.05, 4.69) is 10.2 Å². The van der Waals surface area contributed by atoms with Crippen LogP contribution in [0.4, 0.5) is 5.69 Å². The third kappa shape index (κ3) is 5.45. The zero-order valence-electron chi connectivity index (χ0n) is 16.3. The third-order valence-electron chi connectivity index (χ3n) is 4.84.